The van der Waals surface area contributed by atoms with Gasteiger partial charge < -0.3 is 0 Å². The molecule has 4 heteroatoms. The first-order valence-corrected chi connectivity index (χ1v) is 4.36. The Kier molecular flexibility index (Phi) is 3.31. The Hall–Kier alpha value is -0.800. The lowest BCUT2D eigenvalue weighted by Crippen LogP contribution is -2.00. The molecule has 0 aromatic heterocycles. The third-order valence-electron chi connectivity index (χ3n) is 1.11. The SMILES string of the molecule is O=C(Cl)C(=O)Sc1ccccc1. The normalized spacial score (nSPS) is 9.42. The second kappa shape index (κ2) is 4.28. The Balaban J connectivity index is 2.65. The minimum Gasteiger partial charge on any atom is -0.276 e. The van der Waals surface area contributed by atoms with Crippen LogP contribution in [0.5, 0.6) is 0 Å². The highest BCUT2D eigenvalue weighted by Gasteiger charge is 2.11. The number of carbonyl (C=O) groups excluding carboxylic acids is 2. The van der Waals surface area contributed by atoms with Crippen LogP contribution < -0.4 is 0 Å². The van der Waals surface area contributed by atoms with E-state index in [-0.39, 0.29) is 0 Å². The van der Waals surface area contributed by atoms with Crippen LogP contribution in [0.1, 0.15) is 0 Å². The van der Waals surface area contributed by atoms with Crippen LogP contribution in [0.3, 0.4) is 0 Å². The van der Waals surface area contributed by atoms with E-state index in [0.717, 1.165) is 16.7 Å². The first-order valence-electron chi connectivity index (χ1n) is 3.17. The minimum absolute atomic E-state index is 0.650. The van der Waals surface area contributed by atoms with Crippen molar-refractivity contribution < 1.29 is 9.59 Å². The molecular weight excluding hydrogens is 196 g/mol. The van der Waals surface area contributed by atoms with Crippen molar-refractivity contribution in [2.45, 2.75) is 4.90 Å². The van der Waals surface area contributed by atoms with Crippen LogP contribution in [0.15, 0.2) is 35.2 Å². The van der Waals surface area contributed by atoms with E-state index in [2.05, 4.69) is 0 Å². The smallest absolute Gasteiger partial charge is 0.276 e. The third-order valence-corrected chi connectivity index (χ3v) is 2.28. The van der Waals surface area contributed by atoms with Gasteiger partial charge in [0.25, 0.3) is 10.4 Å². The predicted octanol–water partition coefficient (Wildman–Crippen LogP) is 2.07. The summed E-state index contributed by atoms with van der Waals surface area (Å²) in [5.74, 6) is 0. The molecule has 0 aliphatic rings. The molecule has 0 spiro atoms. The summed E-state index contributed by atoms with van der Waals surface area (Å²) in [5, 5.41) is -1.59. The number of hydrogen-bond acceptors (Lipinski definition) is 3. The fraction of sp³-hybridized carbons (Fsp3) is 0. The van der Waals surface area contributed by atoms with Gasteiger partial charge in [-0.05, 0) is 35.5 Å². The summed E-state index contributed by atoms with van der Waals surface area (Å²) >= 11 is 5.80. The zero-order chi connectivity index (χ0) is 8.97. The average molecular weight is 201 g/mol. The predicted molar refractivity (Wildman–Crippen MR) is 48.2 cm³/mol. The zero-order valence-electron chi connectivity index (χ0n) is 5.99. The molecule has 0 fully saturated rings. The molecule has 1 rings (SSSR count). The van der Waals surface area contributed by atoms with Crippen LogP contribution >= 0.6 is 23.4 Å². The monoisotopic (exact) mass is 200 g/mol. The van der Waals surface area contributed by atoms with E-state index in [1.165, 1.54) is 0 Å². The largest absolute Gasteiger partial charge is 0.299 e. The van der Waals surface area contributed by atoms with E-state index in [9.17, 15) is 9.59 Å². The molecule has 0 N–H and O–H groups in total. The highest BCUT2D eigenvalue weighted by molar-refractivity contribution is 8.15. The van der Waals surface area contributed by atoms with Gasteiger partial charge in [0.1, 0.15) is 0 Å². The Morgan fingerprint density at radius 1 is 1.17 bits per heavy atom. The lowest BCUT2D eigenvalue weighted by molar-refractivity contribution is -0.126. The van der Waals surface area contributed by atoms with Gasteiger partial charge in [-0.2, -0.15) is 0 Å². The Labute approximate surface area is 78.9 Å². The molecule has 0 atom stereocenters. The quantitative estimate of drug-likeness (QED) is 0.417. The molecule has 0 amide bonds. The molecule has 1 aromatic rings. The van der Waals surface area contributed by atoms with Gasteiger partial charge in [0, 0.05) is 4.90 Å². The van der Waals surface area contributed by atoms with Crippen LogP contribution in [-0.2, 0) is 9.59 Å². The van der Waals surface area contributed by atoms with Crippen LogP contribution in [-0.4, -0.2) is 10.4 Å². The summed E-state index contributed by atoms with van der Waals surface area (Å²) in [7, 11) is 0. The first-order chi connectivity index (χ1) is 5.70. The Morgan fingerprint density at radius 2 is 1.75 bits per heavy atom. The number of thioether (sulfide) groups is 1. The summed E-state index contributed by atoms with van der Waals surface area (Å²) in [6.45, 7) is 0. The Bertz CT molecular complexity index is 297. The highest BCUT2D eigenvalue weighted by atomic mass is 35.5. The second-order valence-electron chi connectivity index (χ2n) is 1.98. The van der Waals surface area contributed by atoms with Crippen molar-refractivity contribution in [3.63, 3.8) is 0 Å². The van der Waals surface area contributed by atoms with E-state index >= 15 is 0 Å². The van der Waals surface area contributed by atoms with Crippen molar-refractivity contribution in [3.05, 3.63) is 30.3 Å². The highest BCUT2D eigenvalue weighted by Crippen LogP contribution is 2.18. The summed E-state index contributed by atoms with van der Waals surface area (Å²) in [5.41, 5.74) is 0. The van der Waals surface area contributed by atoms with Crippen molar-refractivity contribution in [1.82, 2.24) is 0 Å². The average Bonchev–Trinajstić information content (AvgIpc) is 2.06. The Morgan fingerprint density at radius 3 is 2.25 bits per heavy atom. The summed E-state index contributed by atoms with van der Waals surface area (Å²) in [4.78, 5) is 21.9. The maximum absolute atomic E-state index is 10.8. The van der Waals surface area contributed by atoms with Gasteiger partial charge in [-0.25, -0.2) is 0 Å². The van der Waals surface area contributed by atoms with Crippen molar-refractivity contribution in [1.29, 1.82) is 0 Å². The molecule has 12 heavy (non-hydrogen) atoms. The number of halogens is 1. The second-order valence-corrected chi connectivity index (χ2v) is 3.37. The lowest BCUT2D eigenvalue weighted by atomic mass is 10.4. The minimum atomic E-state index is -0.941. The molecule has 0 aliphatic heterocycles. The first kappa shape index (κ1) is 9.29. The van der Waals surface area contributed by atoms with Crippen LogP contribution in [0, 0.1) is 0 Å². The van der Waals surface area contributed by atoms with Crippen molar-refractivity contribution in [3.8, 4) is 0 Å². The molecule has 1 aromatic carbocycles. The van der Waals surface area contributed by atoms with Gasteiger partial charge >= 0.3 is 0 Å². The molecule has 2 nitrogen and oxygen atoms in total. The molecule has 0 saturated carbocycles. The van der Waals surface area contributed by atoms with Gasteiger partial charge in [-0.3, -0.25) is 9.59 Å². The number of hydrogen-bond donors (Lipinski definition) is 0. The number of rotatable bonds is 2. The van der Waals surface area contributed by atoms with E-state index in [1.54, 1.807) is 24.3 Å². The van der Waals surface area contributed by atoms with E-state index in [4.69, 9.17) is 11.6 Å². The maximum Gasteiger partial charge on any atom is 0.299 e. The number of carbonyl (C=O) groups is 2. The lowest BCUT2D eigenvalue weighted by Gasteiger charge is -1.94. The maximum atomic E-state index is 10.8. The van der Waals surface area contributed by atoms with Crippen molar-refractivity contribution in [2.24, 2.45) is 0 Å². The van der Waals surface area contributed by atoms with E-state index in [0.29, 0.717) is 0 Å². The molecule has 0 bridgehead atoms. The van der Waals surface area contributed by atoms with Gasteiger partial charge in [-0.15, -0.1) is 0 Å². The van der Waals surface area contributed by atoms with Crippen LogP contribution in [0.4, 0.5) is 0 Å². The van der Waals surface area contributed by atoms with E-state index < -0.39 is 10.4 Å². The molecule has 0 saturated heterocycles. The van der Waals surface area contributed by atoms with Crippen molar-refractivity contribution in [2.75, 3.05) is 0 Å². The molecule has 0 radical (unpaired) electrons. The fourth-order valence-corrected chi connectivity index (χ4v) is 1.34. The van der Waals surface area contributed by atoms with Gasteiger partial charge in [0.15, 0.2) is 0 Å². The van der Waals surface area contributed by atoms with Crippen molar-refractivity contribution >= 4 is 33.7 Å². The van der Waals surface area contributed by atoms with Crippen LogP contribution in [0.2, 0.25) is 0 Å². The summed E-state index contributed by atoms with van der Waals surface area (Å²) < 4.78 is 0. The molecule has 62 valence electrons. The molecule has 0 heterocycles. The molecule has 0 unspecified atom stereocenters. The van der Waals surface area contributed by atoms with Gasteiger partial charge in [0.05, 0.1) is 0 Å². The standard InChI is InChI=1S/C8H5ClO2S/c9-7(10)8(11)12-6-4-2-1-3-5-6/h1-5H. The summed E-state index contributed by atoms with van der Waals surface area (Å²) in [6.07, 6.45) is 0. The van der Waals surface area contributed by atoms with Crippen LogP contribution in [0.25, 0.3) is 0 Å². The molecule has 0 aliphatic carbocycles. The number of benzene rings is 1. The third kappa shape index (κ3) is 2.68. The van der Waals surface area contributed by atoms with Gasteiger partial charge in [0.2, 0.25) is 0 Å². The fourth-order valence-electron chi connectivity index (χ4n) is 0.636. The summed E-state index contributed by atoms with van der Waals surface area (Å²) in [6, 6.07) is 8.88. The molecular formula is C8H5ClO2S. The zero-order valence-corrected chi connectivity index (χ0v) is 7.56. The topological polar surface area (TPSA) is 34.1 Å². The van der Waals surface area contributed by atoms with Gasteiger partial charge in [-0.1, -0.05) is 18.2 Å². The van der Waals surface area contributed by atoms with E-state index in [1.807, 2.05) is 6.07 Å².